The molecule has 3 heteroatoms. The highest BCUT2D eigenvalue weighted by atomic mass is 19.1. The largest absolute Gasteiger partial charge is 0.473 e. The molecule has 2 rings (SSSR count). The molecular formula is C15H9F2O. The van der Waals surface area contributed by atoms with Gasteiger partial charge in [0, 0.05) is 0 Å². The second-order valence-corrected chi connectivity index (χ2v) is 3.54. The molecule has 0 aliphatic heterocycles. The Kier molecular flexibility index (Phi) is 3.59. The highest BCUT2D eigenvalue weighted by molar-refractivity contribution is 5.30. The van der Waals surface area contributed by atoms with Gasteiger partial charge in [0.15, 0.2) is 6.10 Å². The van der Waals surface area contributed by atoms with E-state index in [-0.39, 0.29) is 5.56 Å². The van der Waals surface area contributed by atoms with Crippen LogP contribution in [0.15, 0.2) is 42.5 Å². The smallest absolute Gasteiger partial charge is 0.189 e. The highest BCUT2D eigenvalue weighted by Crippen LogP contribution is 2.25. The van der Waals surface area contributed by atoms with Crippen molar-refractivity contribution in [2.75, 3.05) is 0 Å². The number of ether oxygens (including phenoxy) is 1. The Bertz CT molecular complexity index is 553. The van der Waals surface area contributed by atoms with Crippen LogP contribution < -0.4 is 4.74 Å². The average Bonchev–Trinajstić information content (AvgIpc) is 2.38. The van der Waals surface area contributed by atoms with Gasteiger partial charge in [-0.3, -0.25) is 0 Å². The van der Waals surface area contributed by atoms with Crippen molar-refractivity contribution < 1.29 is 13.5 Å². The van der Waals surface area contributed by atoms with Crippen molar-refractivity contribution >= 4 is 0 Å². The number of benzene rings is 2. The summed E-state index contributed by atoms with van der Waals surface area (Å²) in [7, 11) is 0. The van der Waals surface area contributed by atoms with E-state index in [1.165, 1.54) is 6.07 Å². The van der Waals surface area contributed by atoms with E-state index >= 15 is 0 Å². The SMILES string of the molecule is C#CC(Oc1cc[c]cc1)c1c(F)cccc1F. The van der Waals surface area contributed by atoms with Gasteiger partial charge in [0.25, 0.3) is 0 Å². The Hall–Kier alpha value is -2.34. The quantitative estimate of drug-likeness (QED) is 0.749. The Morgan fingerprint density at radius 1 is 1.11 bits per heavy atom. The zero-order valence-electron chi connectivity index (χ0n) is 9.36. The zero-order valence-corrected chi connectivity index (χ0v) is 9.36. The van der Waals surface area contributed by atoms with E-state index in [2.05, 4.69) is 12.0 Å². The molecule has 0 fully saturated rings. The third kappa shape index (κ3) is 2.49. The van der Waals surface area contributed by atoms with Crippen molar-refractivity contribution in [3.05, 3.63) is 65.7 Å². The topological polar surface area (TPSA) is 9.23 Å². The predicted octanol–water partition coefficient (Wildman–Crippen LogP) is 3.52. The van der Waals surface area contributed by atoms with Crippen LogP contribution in [0.4, 0.5) is 8.78 Å². The molecule has 0 aliphatic carbocycles. The van der Waals surface area contributed by atoms with Gasteiger partial charge < -0.3 is 4.74 Å². The van der Waals surface area contributed by atoms with Gasteiger partial charge >= 0.3 is 0 Å². The summed E-state index contributed by atoms with van der Waals surface area (Å²) in [6.07, 6.45) is 4.17. The molecule has 1 atom stereocenters. The predicted molar refractivity (Wildman–Crippen MR) is 63.8 cm³/mol. The molecule has 0 saturated heterocycles. The molecule has 0 bridgehead atoms. The lowest BCUT2D eigenvalue weighted by atomic mass is 10.1. The first kappa shape index (κ1) is 12.1. The number of hydrogen-bond acceptors (Lipinski definition) is 1. The van der Waals surface area contributed by atoms with Crippen LogP contribution in [0.1, 0.15) is 11.7 Å². The first-order chi connectivity index (χ1) is 8.72. The summed E-state index contributed by atoms with van der Waals surface area (Å²) in [5.74, 6) is 1.22. The van der Waals surface area contributed by atoms with E-state index in [9.17, 15) is 8.78 Å². The fourth-order valence-electron chi connectivity index (χ4n) is 1.52. The van der Waals surface area contributed by atoms with Gasteiger partial charge in [-0.2, -0.15) is 0 Å². The Labute approximate surface area is 104 Å². The van der Waals surface area contributed by atoms with Crippen molar-refractivity contribution in [2.45, 2.75) is 6.10 Å². The lowest BCUT2D eigenvalue weighted by Gasteiger charge is -2.15. The van der Waals surface area contributed by atoms with Crippen LogP contribution in [-0.2, 0) is 0 Å². The van der Waals surface area contributed by atoms with Crippen molar-refractivity contribution in [3.8, 4) is 18.1 Å². The van der Waals surface area contributed by atoms with Crippen LogP contribution in [-0.4, -0.2) is 0 Å². The minimum Gasteiger partial charge on any atom is -0.473 e. The summed E-state index contributed by atoms with van der Waals surface area (Å²) in [5, 5.41) is 0. The Balaban J connectivity index is 2.33. The molecule has 1 unspecified atom stereocenters. The van der Waals surface area contributed by atoms with E-state index in [0.29, 0.717) is 5.75 Å². The van der Waals surface area contributed by atoms with Gasteiger partial charge in [-0.05, 0) is 30.3 Å². The fourth-order valence-corrected chi connectivity index (χ4v) is 1.52. The van der Waals surface area contributed by atoms with Crippen molar-refractivity contribution in [3.63, 3.8) is 0 Å². The molecule has 0 spiro atoms. The molecule has 1 radical (unpaired) electrons. The molecular weight excluding hydrogens is 234 g/mol. The third-order valence-corrected chi connectivity index (χ3v) is 2.35. The maximum Gasteiger partial charge on any atom is 0.189 e. The summed E-state index contributed by atoms with van der Waals surface area (Å²) in [6, 6.07) is 12.9. The van der Waals surface area contributed by atoms with Gasteiger partial charge in [0.1, 0.15) is 17.4 Å². The molecule has 0 N–H and O–H groups in total. The second-order valence-electron chi connectivity index (χ2n) is 3.54. The number of hydrogen-bond donors (Lipinski definition) is 0. The molecule has 0 aromatic heterocycles. The molecule has 0 amide bonds. The average molecular weight is 243 g/mol. The van der Waals surface area contributed by atoms with Crippen molar-refractivity contribution in [1.82, 2.24) is 0 Å². The monoisotopic (exact) mass is 243 g/mol. The van der Waals surface area contributed by atoms with Gasteiger partial charge in [-0.1, -0.05) is 24.1 Å². The maximum absolute atomic E-state index is 13.6. The summed E-state index contributed by atoms with van der Waals surface area (Å²) >= 11 is 0. The van der Waals surface area contributed by atoms with E-state index in [0.717, 1.165) is 12.1 Å². The first-order valence-corrected chi connectivity index (χ1v) is 5.25. The van der Waals surface area contributed by atoms with E-state index in [1.54, 1.807) is 24.3 Å². The van der Waals surface area contributed by atoms with Crippen molar-refractivity contribution in [2.24, 2.45) is 0 Å². The van der Waals surface area contributed by atoms with E-state index in [1.807, 2.05) is 0 Å². The second kappa shape index (κ2) is 5.33. The van der Waals surface area contributed by atoms with Crippen LogP contribution in [0, 0.1) is 30.0 Å². The minimum atomic E-state index is -1.10. The molecule has 2 aromatic carbocycles. The Morgan fingerprint density at radius 3 is 2.28 bits per heavy atom. The molecule has 18 heavy (non-hydrogen) atoms. The summed E-state index contributed by atoms with van der Waals surface area (Å²) in [4.78, 5) is 0. The van der Waals surface area contributed by atoms with Gasteiger partial charge in [-0.25, -0.2) is 8.78 Å². The van der Waals surface area contributed by atoms with Gasteiger partial charge in [0.05, 0.1) is 5.56 Å². The summed E-state index contributed by atoms with van der Waals surface area (Å²) < 4.78 is 32.5. The lowest BCUT2D eigenvalue weighted by Crippen LogP contribution is -2.09. The number of halogens is 2. The maximum atomic E-state index is 13.6. The molecule has 0 aliphatic rings. The van der Waals surface area contributed by atoms with Crippen LogP contribution in [0.2, 0.25) is 0 Å². The van der Waals surface area contributed by atoms with Gasteiger partial charge in [0.2, 0.25) is 0 Å². The molecule has 89 valence electrons. The van der Waals surface area contributed by atoms with Crippen LogP contribution in [0.5, 0.6) is 5.75 Å². The third-order valence-electron chi connectivity index (χ3n) is 2.35. The summed E-state index contributed by atoms with van der Waals surface area (Å²) in [6.45, 7) is 0. The summed E-state index contributed by atoms with van der Waals surface area (Å²) in [5.41, 5.74) is -0.257. The van der Waals surface area contributed by atoms with Crippen LogP contribution in [0.3, 0.4) is 0 Å². The first-order valence-electron chi connectivity index (χ1n) is 5.25. The highest BCUT2D eigenvalue weighted by Gasteiger charge is 2.19. The van der Waals surface area contributed by atoms with E-state index < -0.39 is 17.7 Å². The molecule has 2 aromatic rings. The lowest BCUT2D eigenvalue weighted by molar-refractivity contribution is 0.252. The van der Waals surface area contributed by atoms with E-state index in [4.69, 9.17) is 11.2 Å². The van der Waals surface area contributed by atoms with Gasteiger partial charge in [-0.15, -0.1) is 6.42 Å². The number of rotatable bonds is 3. The Morgan fingerprint density at radius 2 is 1.72 bits per heavy atom. The fraction of sp³-hybridized carbons (Fsp3) is 0.0667. The zero-order chi connectivity index (χ0) is 13.0. The standard InChI is InChI=1S/C15H9F2O/c1-2-14(18-11-7-4-3-5-8-11)15-12(16)9-6-10-13(15)17/h1,4-10,14H. The van der Waals surface area contributed by atoms with Crippen molar-refractivity contribution in [1.29, 1.82) is 0 Å². The van der Waals surface area contributed by atoms with Crippen LogP contribution in [0.25, 0.3) is 0 Å². The van der Waals surface area contributed by atoms with Crippen LogP contribution >= 0.6 is 0 Å². The molecule has 1 nitrogen and oxygen atoms in total. The molecule has 0 saturated carbocycles. The minimum absolute atomic E-state index is 0.257. The normalized spacial score (nSPS) is 11.6. The molecule has 0 heterocycles. The number of terminal acetylenes is 1.